The van der Waals surface area contributed by atoms with Crippen LogP contribution in [0.1, 0.15) is 30.8 Å². The van der Waals surface area contributed by atoms with Crippen LogP contribution in [-0.2, 0) is 6.42 Å². The molecule has 0 aliphatic heterocycles. The highest BCUT2D eigenvalue weighted by molar-refractivity contribution is 6.34. The first-order valence-corrected chi connectivity index (χ1v) is 7.03. The van der Waals surface area contributed by atoms with Crippen LogP contribution in [0.25, 0.3) is 0 Å². The fraction of sp³-hybridized carbons (Fsp3) is 0.357. The highest BCUT2D eigenvalue weighted by Gasteiger charge is 2.17. The van der Waals surface area contributed by atoms with Gasteiger partial charge in [0, 0.05) is 12.6 Å². The molecule has 5 heteroatoms. The van der Waals surface area contributed by atoms with E-state index < -0.39 is 0 Å². The van der Waals surface area contributed by atoms with Gasteiger partial charge >= 0.3 is 0 Å². The molecule has 0 amide bonds. The van der Waals surface area contributed by atoms with Crippen LogP contribution >= 0.6 is 23.2 Å². The Kier molecular flexibility index (Phi) is 5.25. The lowest BCUT2D eigenvalue weighted by Crippen LogP contribution is -2.25. The normalized spacial score (nSPS) is 12.6. The molecular weight excluding hydrogens is 283 g/mol. The average Bonchev–Trinajstić information content (AvgIpc) is 2.88. The smallest absolute Gasteiger partial charge is 0.105 e. The molecule has 2 rings (SSSR count). The van der Waals surface area contributed by atoms with Crippen molar-refractivity contribution in [2.45, 2.75) is 25.8 Å². The molecule has 1 N–H and O–H groups in total. The first kappa shape index (κ1) is 14.4. The van der Waals surface area contributed by atoms with E-state index in [0.717, 1.165) is 24.4 Å². The zero-order valence-electron chi connectivity index (χ0n) is 10.7. The molecule has 0 radical (unpaired) electrons. The number of pyridine rings is 1. The fourth-order valence-corrected chi connectivity index (χ4v) is 2.41. The first-order valence-electron chi connectivity index (χ1n) is 6.27. The molecule has 19 heavy (non-hydrogen) atoms. The third-order valence-corrected chi connectivity index (χ3v) is 3.30. The zero-order chi connectivity index (χ0) is 13.7. The second-order valence-electron chi connectivity index (χ2n) is 4.31. The van der Waals surface area contributed by atoms with E-state index in [-0.39, 0.29) is 6.04 Å². The highest BCUT2D eigenvalue weighted by atomic mass is 35.5. The van der Waals surface area contributed by atoms with Crippen LogP contribution < -0.4 is 5.32 Å². The molecule has 0 spiro atoms. The Labute approximate surface area is 122 Å². The van der Waals surface area contributed by atoms with Gasteiger partial charge in [0.05, 0.1) is 28.0 Å². The highest BCUT2D eigenvalue weighted by Crippen LogP contribution is 2.26. The number of nitrogens with zero attached hydrogens (tertiary/aromatic N) is 1. The van der Waals surface area contributed by atoms with Gasteiger partial charge in [-0.1, -0.05) is 30.1 Å². The van der Waals surface area contributed by atoms with Crippen LogP contribution in [0.15, 0.2) is 35.1 Å². The fourth-order valence-electron chi connectivity index (χ4n) is 1.90. The molecule has 0 fully saturated rings. The molecule has 3 nitrogen and oxygen atoms in total. The van der Waals surface area contributed by atoms with Gasteiger partial charge in [0.1, 0.15) is 5.76 Å². The van der Waals surface area contributed by atoms with E-state index in [4.69, 9.17) is 27.6 Å². The first-order chi connectivity index (χ1) is 9.20. The van der Waals surface area contributed by atoms with Crippen LogP contribution in [0.3, 0.4) is 0 Å². The monoisotopic (exact) mass is 298 g/mol. The molecule has 0 saturated carbocycles. The Hall–Kier alpha value is -1.03. The van der Waals surface area contributed by atoms with Crippen molar-refractivity contribution in [2.75, 3.05) is 6.54 Å². The number of furan rings is 1. The second kappa shape index (κ2) is 6.94. The van der Waals surface area contributed by atoms with Crippen molar-refractivity contribution in [3.05, 3.63) is 52.2 Å². The summed E-state index contributed by atoms with van der Waals surface area (Å²) in [5.74, 6) is 0.904. The molecule has 2 heterocycles. The summed E-state index contributed by atoms with van der Waals surface area (Å²) in [6.45, 7) is 3.01. The molecule has 1 atom stereocenters. The lowest BCUT2D eigenvalue weighted by Gasteiger charge is -2.18. The largest absolute Gasteiger partial charge is 0.469 e. The second-order valence-corrected chi connectivity index (χ2v) is 5.15. The predicted molar refractivity (Wildman–Crippen MR) is 77.7 cm³/mol. The van der Waals surface area contributed by atoms with Gasteiger partial charge in [-0.2, -0.15) is 0 Å². The topological polar surface area (TPSA) is 38.1 Å². The molecule has 0 aromatic carbocycles. The molecular formula is C14H16Cl2N2O. The maximum absolute atomic E-state index is 6.23. The van der Waals surface area contributed by atoms with Crippen LogP contribution in [0.4, 0.5) is 0 Å². The third kappa shape index (κ3) is 3.96. The maximum atomic E-state index is 6.23. The van der Waals surface area contributed by atoms with E-state index in [9.17, 15) is 0 Å². The summed E-state index contributed by atoms with van der Waals surface area (Å²) in [6, 6.07) is 5.57. The zero-order valence-corrected chi connectivity index (χ0v) is 12.2. The van der Waals surface area contributed by atoms with Crippen molar-refractivity contribution in [3.63, 3.8) is 0 Å². The number of hydrogen-bond donors (Lipinski definition) is 1. The van der Waals surface area contributed by atoms with Gasteiger partial charge in [-0.25, -0.2) is 0 Å². The van der Waals surface area contributed by atoms with Crippen molar-refractivity contribution in [1.29, 1.82) is 0 Å². The predicted octanol–water partition coefficient (Wildman–Crippen LogP) is 4.26. The van der Waals surface area contributed by atoms with E-state index in [0.29, 0.717) is 16.5 Å². The van der Waals surface area contributed by atoms with Gasteiger partial charge in [0.15, 0.2) is 0 Å². The number of nitrogens with one attached hydrogen (secondary N) is 1. The summed E-state index contributed by atoms with van der Waals surface area (Å²) in [6.07, 6.45) is 5.04. The Morgan fingerprint density at radius 1 is 1.42 bits per heavy atom. The summed E-state index contributed by atoms with van der Waals surface area (Å²) in [5.41, 5.74) is 0.802. The summed E-state index contributed by atoms with van der Waals surface area (Å²) in [5, 5.41) is 4.55. The Balaban J connectivity index is 2.20. The number of halogens is 2. The van der Waals surface area contributed by atoms with E-state index in [1.54, 1.807) is 18.5 Å². The SMILES string of the molecule is CCCNC(Cc1ccco1)c1ncc(Cl)cc1Cl. The molecule has 102 valence electrons. The van der Waals surface area contributed by atoms with Gasteiger partial charge in [0.25, 0.3) is 0 Å². The van der Waals surface area contributed by atoms with Gasteiger partial charge in [-0.15, -0.1) is 0 Å². The molecule has 2 aromatic heterocycles. The van der Waals surface area contributed by atoms with Gasteiger partial charge < -0.3 is 9.73 Å². The van der Waals surface area contributed by atoms with Crippen molar-refractivity contribution in [1.82, 2.24) is 10.3 Å². The van der Waals surface area contributed by atoms with E-state index in [1.807, 2.05) is 12.1 Å². The summed E-state index contributed by atoms with van der Waals surface area (Å²) >= 11 is 12.1. The standard InChI is InChI=1S/C14H16Cl2N2O/c1-2-5-17-13(8-11-4-3-6-19-11)14-12(16)7-10(15)9-18-14/h3-4,6-7,9,13,17H,2,5,8H2,1H3. The number of rotatable bonds is 6. The average molecular weight is 299 g/mol. The minimum absolute atomic E-state index is 0.0240. The number of aromatic nitrogens is 1. The molecule has 0 aliphatic carbocycles. The molecule has 0 saturated heterocycles. The number of hydrogen-bond acceptors (Lipinski definition) is 3. The van der Waals surface area contributed by atoms with Gasteiger partial charge in [-0.05, 0) is 31.2 Å². The van der Waals surface area contributed by atoms with Gasteiger partial charge in [-0.3, -0.25) is 4.98 Å². The summed E-state index contributed by atoms with van der Waals surface area (Å²) in [7, 11) is 0. The molecule has 1 unspecified atom stereocenters. The van der Waals surface area contributed by atoms with Crippen molar-refractivity contribution in [3.8, 4) is 0 Å². The Morgan fingerprint density at radius 3 is 2.89 bits per heavy atom. The maximum Gasteiger partial charge on any atom is 0.105 e. The van der Waals surface area contributed by atoms with E-state index in [2.05, 4.69) is 17.2 Å². The molecule has 2 aromatic rings. The van der Waals surface area contributed by atoms with Crippen molar-refractivity contribution in [2.24, 2.45) is 0 Å². The molecule has 0 bridgehead atoms. The lowest BCUT2D eigenvalue weighted by atomic mass is 10.1. The van der Waals surface area contributed by atoms with Crippen LogP contribution in [-0.4, -0.2) is 11.5 Å². The van der Waals surface area contributed by atoms with Gasteiger partial charge in [0.2, 0.25) is 0 Å². The summed E-state index contributed by atoms with van der Waals surface area (Å²) < 4.78 is 5.39. The van der Waals surface area contributed by atoms with E-state index in [1.165, 1.54) is 0 Å². The minimum atomic E-state index is 0.0240. The molecule has 0 aliphatic rings. The summed E-state index contributed by atoms with van der Waals surface area (Å²) in [4.78, 5) is 4.34. The van der Waals surface area contributed by atoms with E-state index >= 15 is 0 Å². The Morgan fingerprint density at radius 2 is 2.26 bits per heavy atom. The van der Waals surface area contributed by atoms with Crippen LogP contribution in [0, 0.1) is 0 Å². The van der Waals surface area contributed by atoms with Crippen molar-refractivity contribution >= 4 is 23.2 Å². The lowest BCUT2D eigenvalue weighted by molar-refractivity contribution is 0.444. The Bertz CT molecular complexity index is 514. The van der Waals surface area contributed by atoms with Crippen molar-refractivity contribution < 1.29 is 4.42 Å². The quantitative estimate of drug-likeness (QED) is 0.866. The van der Waals surface area contributed by atoms with Crippen LogP contribution in [0.2, 0.25) is 10.0 Å². The minimum Gasteiger partial charge on any atom is -0.469 e. The third-order valence-electron chi connectivity index (χ3n) is 2.79. The van der Waals surface area contributed by atoms with Crippen LogP contribution in [0.5, 0.6) is 0 Å².